The van der Waals surface area contributed by atoms with Gasteiger partial charge in [0.25, 0.3) is 0 Å². The molecule has 4 aliphatic rings. The average molecular weight is 537 g/mol. The van der Waals surface area contributed by atoms with Crippen molar-refractivity contribution in [1.29, 1.82) is 0 Å². The maximum absolute atomic E-state index is 8.65. The molecule has 0 spiro atoms. The molecule has 0 saturated heterocycles. The van der Waals surface area contributed by atoms with Gasteiger partial charge in [0, 0.05) is 23.4 Å². The number of alkyl halides is 1. The third kappa shape index (κ3) is 4.72. The van der Waals surface area contributed by atoms with Crippen LogP contribution in [0.2, 0.25) is 0 Å². The molecule has 0 aromatic carbocycles. The van der Waals surface area contributed by atoms with Gasteiger partial charge in [0.1, 0.15) is 0 Å². The number of hydrogen-bond acceptors (Lipinski definition) is 2. The maximum atomic E-state index is 8.65. The van der Waals surface area contributed by atoms with E-state index in [1.165, 1.54) is 57.8 Å². The molecular weight excluding hydrogens is 486 g/mol. The summed E-state index contributed by atoms with van der Waals surface area (Å²) < 4.78 is 6.79. The fraction of sp³-hybridized carbons (Fsp3) is 1.00. The summed E-state index contributed by atoms with van der Waals surface area (Å²) in [4.78, 5) is 2.93. The van der Waals surface area contributed by atoms with E-state index in [2.05, 4.69) is 60.6 Å². The lowest BCUT2D eigenvalue weighted by Crippen LogP contribution is -2.60. The van der Waals surface area contributed by atoms with Gasteiger partial charge in [0.05, 0.1) is 6.10 Å². The minimum Gasteiger partial charge on any atom is -0.378 e. The van der Waals surface area contributed by atoms with Gasteiger partial charge < -0.3 is 4.74 Å². The van der Waals surface area contributed by atoms with Crippen molar-refractivity contribution < 1.29 is 4.74 Å². The van der Waals surface area contributed by atoms with Gasteiger partial charge in [-0.3, -0.25) is 0 Å². The van der Waals surface area contributed by atoms with E-state index in [4.69, 9.17) is 10.3 Å². The van der Waals surface area contributed by atoms with Gasteiger partial charge in [-0.25, -0.2) is 0 Å². The Labute approximate surface area is 217 Å². The SMILES string of the molecule is CC1CCC2(C)C(C1)CC(OCCCN=[N+]=[N-])C1C2CC(C)C2(C)C(C(C)CCCBr)CCC12. The summed E-state index contributed by atoms with van der Waals surface area (Å²) in [6.45, 7) is 14.3. The van der Waals surface area contributed by atoms with Crippen LogP contribution in [0.4, 0.5) is 0 Å². The van der Waals surface area contributed by atoms with Crippen LogP contribution >= 0.6 is 15.9 Å². The molecular formula is C29H50BrN3O. The van der Waals surface area contributed by atoms with E-state index in [1.54, 1.807) is 0 Å². The molecule has 0 radical (unpaired) electrons. The second kappa shape index (κ2) is 11.0. The lowest BCUT2D eigenvalue weighted by molar-refractivity contribution is -0.198. The fourth-order valence-corrected chi connectivity index (χ4v) is 10.2. The topological polar surface area (TPSA) is 58.0 Å². The van der Waals surface area contributed by atoms with Gasteiger partial charge in [-0.15, -0.1) is 0 Å². The first-order valence-electron chi connectivity index (χ1n) is 14.5. The van der Waals surface area contributed by atoms with Crippen molar-refractivity contribution in [3.63, 3.8) is 0 Å². The first-order valence-corrected chi connectivity index (χ1v) is 15.6. The number of ether oxygens (including phenoxy) is 1. The lowest BCUT2D eigenvalue weighted by Gasteiger charge is -2.65. The number of fused-ring (bicyclic) bond motifs is 5. The van der Waals surface area contributed by atoms with Crippen molar-refractivity contribution in [2.75, 3.05) is 18.5 Å². The van der Waals surface area contributed by atoms with Crippen molar-refractivity contribution in [2.45, 2.75) is 105 Å². The molecule has 4 nitrogen and oxygen atoms in total. The van der Waals surface area contributed by atoms with Gasteiger partial charge in [0.2, 0.25) is 0 Å². The molecule has 4 fully saturated rings. The van der Waals surface area contributed by atoms with Gasteiger partial charge in [-0.2, -0.15) is 0 Å². The van der Waals surface area contributed by atoms with E-state index in [1.807, 2.05) is 0 Å². The molecule has 5 heteroatoms. The lowest BCUT2D eigenvalue weighted by atomic mass is 9.41. The maximum Gasteiger partial charge on any atom is 0.0611 e. The molecule has 194 valence electrons. The van der Waals surface area contributed by atoms with Crippen LogP contribution in [0.25, 0.3) is 10.4 Å². The zero-order valence-electron chi connectivity index (χ0n) is 22.5. The largest absolute Gasteiger partial charge is 0.378 e. The Balaban J connectivity index is 1.61. The van der Waals surface area contributed by atoms with Crippen LogP contribution < -0.4 is 0 Å². The minimum absolute atomic E-state index is 0.396. The van der Waals surface area contributed by atoms with Crippen molar-refractivity contribution in [3.8, 4) is 0 Å². The molecule has 4 saturated carbocycles. The molecule has 0 aliphatic heterocycles. The Morgan fingerprint density at radius 2 is 1.88 bits per heavy atom. The van der Waals surface area contributed by atoms with Gasteiger partial charge >= 0.3 is 0 Å². The standard InChI is InChI=1S/C29H50BrN3O/c1-19-11-12-28(4)22(16-19)18-26(34-15-7-14-32-33-31)27-24-10-9-23(20(2)8-6-13-30)29(24,5)21(3)17-25(27)28/h19-27H,6-18H2,1-5H3. The second-order valence-corrected chi connectivity index (χ2v) is 14.1. The predicted octanol–water partition coefficient (Wildman–Crippen LogP) is 9.03. The highest BCUT2D eigenvalue weighted by Crippen LogP contribution is 2.70. The number of rotatable bonds is 9. The third-order valence-electron chi connectivity index (χ3n) is 11.9. The minimum atomic E-state index is 0.396. The predicted molar refractivity (Wildman–Crippen MR) is 145 cm³/mol. The van der Waals surface area contributed by atoms with E-state index in [-0.39, 0.29) is 0 Å². The van der Waals surface area contributed by atoms with Crippen LogP contribution in [0.3, 0.4) is 0 Å². The number of nitrogens with zero attached hydrogens (tertiary/aromatic N) is 3. The molecule has 0 bridgehead atoms. The molecule has 11 atom stereocenters. The monoisotopic (exact) mass is 535 g/mol. The second-order valence-electron chi connectivity index (χ2n) is 13.3. The van der Waals surface area contributed by atoms with E-state index in [9.17, 15) is 0 Å². The number of hydrogen-bond donors (Lipinski definition) is 0. The van der Waals surface area contributed by atoms with E-state index < -0.39 is 0 Å². The molecule has 4 aliphatic carbocycles. The van der Waals surface area contributed by atoms with Crippen LogP contribution in [0.15, 0.2) is 5.11 Å². The number of halogens is 1. The summed E-state index contributed by atoms with van der Waals surface area (Å²) in [7, 11) is 0. The zero-order valence-corrected chi connectivity index (χ0v) is 24.1. The molecule has 11 unspecified atom stereocenters. The zero-order chi connectivity index (χ0) is 24.5. The van der Waals surface area contributed by atoms with E-state index in [0.717, 1.165) is 59.8 Å². The molecule has 4 rings (SSSR count). The Bertz CT molecular complexity index is 741. The first-order chi connectivity index (χ1) is 16.3. The van der Waals surface area contributed by atoms with Crippen LogP contribution in [-0.4, -0.2) is 24.6 Å². The summed E-state index contributed by atoms with van der Waals surface area (Å²) >= 11 is 3.67. The Hall–Kier alpha value is -0.250. The summed E-state index contributed by atoms with van der Waals surface area (Å²) in [6.07, 6.45) is 13.6. The molecule has 0 aromatic heterocycles. The summed E-state index contributed by atoms with van der Waals surface area (Å²) in [5, 5.41) is 4.88. The number of azide groups is 1. The molecule has 0 amide bonds. The molecule has 34 heavy (non-hydrogen) atoms. The Morgan fingerprint density at radius 1 is 1.09 bits per heavy atom. The summed E-state index contributed by atoms with van der Waals surface area (Å²) in [5.41, 5.74) is 9.59. The molecule has 0 N–H and O–H groups in total. The van der Waals surface area contributed by atoms with Gasteiger partial charge in [-0.05, 0) is 121 Å². The third-order valence-corrected chi connectivity index (χ3v) is 12.4. The van der Waals surface area contributed by atoms with Crippen LogP contribution in [0.1, 0.15) is 98.8 Å². The highest BCUT2D eigenvalue weighted by Gasteiger charge is 2.65. The van der Waals surface area contributed by atoms with Crippen LogP contribution in [-0.2, 0) is 4.74 Å². The van der Waals surface area contributed by atoms with Crippen molar-refractivity contribution in [1.82, 2.24) is 0 Å². The van der Waals surface area contributed by atoms with E-state index >= 15 is 0 Å². The quantitative estimate of drug-likeness (QED) is 0.0953. The Kier molecular flexibility index (Phi) is 8.68. The highest BCUT2D eigenvalue weighted by atomic mass is 79.9. The molecule has 0 heterocycles. The summed E-state index contributed by atoms with van der Waals surface area (Å²) in [6, 6.07) is 0. The highest BCUT2D eigenvalue weighted by molar-refractivity contribution is 9.09. The fourth-order valence-electron chi connectivity index (χ4n) is 9.91. The smallest absolute Gasteiger partial charge is 0.0611 e. The van der Waals surface area contributed by atoms with Crippen molar-refractivity contribution in [2.24, 2.45) is 63.3 Å². The van der Waals surface area contributed by atoms with Crippen molar-refractivity contribution >= 4 is 15.9 Å². The molecule has 0 aromatic rings. The van der Waals surface area contributed by atoms with Crippen LogP contribution in [0.5, 0.6) is 0 Å². The van der Waals surface area contributed by atoms with Crippen LogP contribution in [0, 0.1) is 58.2 Å². The van der Waals surface area contributed by atoms with E-state index in [0.29, 0.717) is 29.4 Å². The normalized spacial score (nSPS) is 46.6. The van der Waals surface area contributed by atoms with Gasteiger partial charge in [-0.1, -0.05) is 62.1 Å². The van der Waals surface area contributed by atoms with Crippen molar-refractivity contribution in [3.05, 3.63) is 10.4 Å². The first kappa shape index (κ1) is 26.8. The average Bonchev–Trinajstić information content (AvgIpc) is 3.17. The summed E-state index contributed by atoms with van der Waals surface area (Å²) in [5.74, 6) is 6.47. The Morgan fingerprint density at radius 3 is 2.62 bits per heavy atom. The van der Waals surface area contributed by atoms with Gasteiger partial charge in [0.15, 0.2) is 0 Å².